The van der Waals surface area contributed by atoms with E-state index in [-0.39, 0.29) is 25.2 Å². The van der Waals surface area contributed by atoms with Gasteiger partial charge >= 0.3 is 0 Å². The van der Waals surface area contributed by atoms with Gasteiger partial charge in [-0.2, -0.15) is 0 Å². The highest BCUT2D eigenvalue weighted by Gasteiger charge is 2.76. The molecule has 4 aliphatic carbocycles. The predicted molar refractivity (Wildman–Crippen MR) is 94.0 cm³/mol. The average molecular weight is 368 g/mol. The van der Waals surface area contributed by atoms with Crippen LogP contribution in [0.5, 0.6) is 0 Å². The van der Waals surface area contributed by atoms with Gasteiger partial charge in [-0.05, 0) is 44.6 Å². The molecule has 0 unspecified atom stereocenters. The molecule has 6 N–H and O–H groups in total. The van der Waals surface area contributed by atoms with E-state index in [0.717, 1.165) is 0 Å². The summed E-state index contributed by atoms with van der Waals surface area (Å²) in [5.74, 6) is -1.06. The Hall–Kier alpha value is -0.500. The first kappa shape index (κ1) is 18.8. The molecule has 0 amide bonds. The van der Waals surface area contributed by atoms with Crippen molar-refractivity contribution in [2.75, 3.05) is 0 Å². The fourth-order valence-corrected chi connectivity index (χ4v) is 7.19. The lowest BCUT2D eigenvalue weighted by Crippen LogP contribution is -2.58. The molecule has 1 spiro atoms. The standard InChI is InChI=1S/C20H32O6/c1-10-12-7-13(21)16(2,3)20(12,26)14(22)8-18-9-17(4,24)11(15(18)23)5-6-19(10,18)25/h11-15,21-26H,1,5-9H2,2-4H3/t11-,12-,13-,14+,15-,17+,18-,19-,20-/m0/s1. The molecule has 4 aliphatic rings. The highest BCUT2D eigenvalue weighted by molar-refractivity contribution is 5.37. The van der Waals surface area contributed by atoms with Gasteiger partial charge in [0.15, 0.2) is 0 Å². The smallest absolute Gasteiger partial charge is 0.105 e. The number of aliphatic hydroxyl groups is 6. The van der Waals surface area contributed by atoms with Gasteiger partial charge in [0.1, 0.15) is 5.60 Å². The zero-order valence-electron chi connectivity index (χ0n) is 15.8. The molecule has 0 aromatic heterocycles. The van der Waals surface area contributed by atoms with Gasteiger partial charge in [0.25, 0.3) is 0 Å². The Morgan fingerprint density at radius 2 is 1.62 bits per heavy atom. The number of rotatable bonds is 0. The fraction of sp³-hybridized carbons (Fsp3) is 0.900. The number of aliphatic hydroxyl groups excluding tert-OH is 3. The Bertz CT molecular complexity index is 659. The minimum absolute atomic E-state index is 0.0422. The molecule has 4 rings (SSSR count). The first-order valence-electron chi connectivity index (χ1n) is 9.66. The van der Waals surface area contributed by atoms with E-state index < -0.39 is 51.9 Å². The zero-order valence-corrected chi connectivity index (χ0v) is 15.8. The summed E-state index contributed by atoms with van der Waals surface area (Å²) in [6.45, 7) is 9.23. The third kappa shape index (κ3) is 1.75. The summed E-state index contributed by atoms with van der Waals surface area (Å²) in [6, 6.07) is 0. The maximum absolute atomic E-state index is 11.8. The number of hydrogen-bond acceptors (Lipinski definition) is 6. The minimum atomic E-state index is -1.66. The summed E-state index contributed by atoms with van der Waals surface area (Å²) in [5, 5.41) is 67.0. The molecule has 6 heteroatoms. The molecular weight excluding hydrogens is 336 g/mol. The molecule has 4 saturated carbocycles. The van der Waals surface area contributed by atoms with E-state index in [1.807, 2.05) is 0 Å². The van der Waals surface area contributed by atoms with E-state index >= 15 is 0 Å². The van der Waals surface area contributed by atoms with Crippen molar-refractivity contribution in [3.8, 4) is 0 Å². The monoisotopic (exact) mass is 368 g/mol. The van der Waals surface area contributed by atoms with Crippen molar-refractivity contribution in [2.24, 2.45) is 22.7 Å². The van der Waals surface area contributed by atoms with Crippen molar-refractivity contribution in [2.45, 2.75) is 88.0 Å². The van der Waals surface area contributed by atoms with Crippen LogP contribution < -0.4 is 0 Å². The molecule has 0 heterocycles. The fourth-order valence-electron chi connectivity index (χ4n) is 7.19. The van der Waals surface area contributed by atoms with Crippen LogP contribution in [0.3, 0.4) is 0 Å². The van der Waals surface area contributed by atoms with Crippen LogP contribution in [-0.2, 0) is 0 Å². The van der Waals surface area contributed by atoms with Crippen molar-refractivity contribution in [1.82, 2.24) is 0 Å². The van der Waals surface area contributed by atoms with E-state index in [9.17, 15) is 30.6 Å². The van der Waals surface area contributed by atoms with E-state index in [1.165, 1.54) is 0 Å². The lowest BCUT2D eigenvalue weighted by molar-refractivity contribution is -0.185. The second-order valence-electron chi connectivity index (χ2n) is 10.2. The van der Waals surface area contributed by atoms with Crippen molar-refractivity contribution in [3.63, 3.8) is 0 Å². The Balaban J connectivity index is 1.91. The Labute approximate surface area is 154 Å². The molecule has 2 bridgehead atoms. The maximum atomic E-state index is 11.8. The molecule has 9 atom stereocenters. The summed E-state index contributed by atoms with van der Waals surface area (Å²) < 4.78 is 0. The molecule has 148 valence electrons. The van der Waals surface area contributed by atoms with Crippen molar-refractivity contribution in [3.05, 3.63) is 12.2 Å². The van der Waals surface area contributed by atoms with Gasteiger partial charge in [-0.1, -0.05) is 20.4 Å². The molecule has 0 saturated heterocycles. The van der Waals surface area contributed by atoms with Crippen molar-refractivity contribution >= 4 is 0 Å². The summed E-state index contributed by atoms with van der Waals surface area (Å²) in [4.78, 5) is 0. The van der Waals surface area contributed by atoms with Gasteiger partial charge in [-0.3, -0.25) is 0 Å². The molecule has 4 fully saturated rings. The van der Waals surface area contributed by atoms with Crippen LogP contribution in [-0.4, -0.2) is 65.8 Å². The third-order valence-corrected chi connectivity index (χ3v) is 8.93. The second-order valence-corrected chi connectivity index (χ2v) is 10.2. The molecule has 6 nitrogen and oxygen atoms in total. The summed E-state index contributed by atoms with van der Waals surface area (Å²) >= 11 is 0. The third-order valence-electron chi connectivity index (χ3n) is 8.93. The van der Waals surface area contributed by atoms with Crippen LogP contribution in [0.15, 0.2) is 12.2 Å². The summed E-state index contributed by atoms with van der Waals surface area (Å²) in [5.41, 5.74) is -6.09. The largest absolute Gasteiger partial charge is 0.392 e. The van der Waals surface area contributed by atoms with Gasteiger partial charge in [0.05, 0.1) is 29.5 Å². The highest BCUT2D eigenvalue weighted by atomic mass is 16.4. The second kappa shape index (κ2) is 4.91. The molecular formula is C20H32O6. The minimum Gasteiger partial charge on any atom is -0.392 e. The molecule has 0 aromatic rings. The van der Waals surface area contributed by atoms with Gasteiger partial charge in [-0.15, -0.1) is 0 Å². The van der Waals surface area contributed by atoms with Crippen LogP contribution in [0.1, 0.15) is 52.9 Å². The van der Waals surface area contributed by atoms with Gasteiger partial charge in [-0.25, -0.2) is 0 Å². The lowest BCUT2D eigenvalue weighted by atomic mass is 9.58. The van der Waals surface area contributed by atoms with Crippen LogP contribution in [0.25, 0.3) is 0 Å². The Morgan fingerprint density at radius 3 is 2.23 bits per heavy atom. The molecule has 0 radical (unpaired) electrons. The Kier molecular flexibility index (Phi) is 3.56. The topological polar surface area (TPSA) is 121 Å². The highest BCUT2D eigenvalue weighted by Crippen LogP contribution is 2.69. The van der Waals surface area contributed by atoms with Gasteiger partial charge in [0, 0.05) is 22.7 Å². The number of fused-ring (bicyclic) bond motifs is 2. The van der Waals surface area contributed by atoms with E-state index in [2.05, 4.69) is 6.58 Å². The van der Waals surface area contributed by atoms with E-state index in [0.29, 0.717) is 18.4 Å². The van der Waals surface area contributed by atoms with E-state index in [4.69, 9.17) is 0 Å². The summed E-state index contributed by atoms with van der Waals surface area (Å²) in [7, 11) is 0. The first-order valence-corrected chi connectivity index (χ1v) is 9.66. The van der Waals surface area contributed by atoms with Crippen molar-refractivity contribution in [1.29, 1.82) is 0 Å². The summed E-state index contributed by atoms with van der Waals surface area (Å²) in [6.07, 6.45) is -2.02. The Morgan fingerprint density at radius 1 is 1.00 bits per heavy atom. The average Bonchev–Trinajstić information content (AvgIpc) is 2.77. The lowest BCUT2D eigenvalue weighted by Gasteiger charge is -2.51. The van der Waals surface area contributed by atoms with E-state index in [1.54, 1.807) is 20.8 Å². The predicted octanol–water partition coefficient (Wildman–Crippen LogP) is 0.0884. The van der Waals surface area contributed by atoms with Gasteiger partial charge in [0.2, 0.25) is 0 Å². The van der Waals surface area contributed by atoms with Crippen LogP contribution >= 0.6 is 0 Å². The van der Waals surface area contributed by atoms with Crippen LogP contribution in [0, 0.1) is 22.7 Å². The SMILES string of the molecule is C=C1[C@@H]2C[C@H](O)C(C)(C)[C@@]2(O)[C@H](O)C[C@@]23C[C@@](C)(O)[C@@H](CC[C@]12O)[C@@H]3O. The quantitative estimate of drug-likeness (QED) is 0.337. The van der Waals surface area contributed by atoms with Gasteiger partial charge < -0.3 is 30.6 Å². The van der Waals surface area contributed by atoms with Crippen molar-refractivity contribution < 1.29 is 30.6 Å². The number of hydrogen-bond donors (Lipinski definition) is 6. The zero-order chi connectivity index (χ0) is 19.5. The molecule has 26 heavy (non-hydrogen) atoms. The van der Waals surface area contributed by atoms with Crippen LogP contribution in [0.4, 0.5) is 0 Å². The van der Waals surface area contributed by atoms with Crippen LogP contribution in [0.2, 0.25) is 0 Å². The maximum Gasteiger partial charge on any atom is 0.105 e. The molecule has 0 aromatic carbocycles. The molecule has 0 aliphatic heterocycles. The first-order chi connectivity index (χ1) is 11.8. The normalized spacial score (nSPS) is 61.1.